The largest absolute Gasteiger partial charge is 0.399 e. The van der Waals surface area contributed by atoms with Crippen molar-refractivity contribution in [3.63, 3.8) is 0 Å². The van der Waals surface area contributed by atoms with E-state index in [0.717, 1.165) is 18.6 Å². The number of halogens is 1. The van der Waals surface area contributed by atoms with Crippen molar-refractivity contribution in [2.24, 2.45) is 5.16 Å². The number of oxime groups is 1. The quantitative estimate of drug-likeness (QED) is 0.427. The van der Waals surface area contributed by atoms with Gasteiger partial charge < -0.3 is 4.84 Å². The number of hydrogen-bond donors (Lipinski definition) is 0. The van der Waals surface area contributed by atoms with Gasteiger partial charge in [-0.1, -0.05) is 11.6 Å². The minimum absolute atomic E-state index is 0.119. The van der Waals surface area contributed by atoms with Gasteiger partial charge in [-0.25, -0.2) is 0 Å². The van der Waals surface area contributed by atoms with E-state index in [1.165, 1.54) is 12.8 Å². The van der Waals surface area contributed by atoms with Gasteiger partial charge in [0.25, 0.3) is 0 Å². The van der Waals surface area contributed by atoms with Gasteiger partial charge in [-0.3, -0.25) is 0 Å². The Morgan fingerprint density at radius 3 is 3.00 bits per heavy atom. The summed E-state index contributed by atoms with van der Waals surface area (Å²) in [4.78, 5) is 4.66. The molecule has 0 bridgehead atoms. The second-order valence-electron chi connectivity index (χ2n) is 2.48. The predicted octanol–water partition coefficient (Wildman–Crippen LogP) is 2.17. The van der Waals surface area contributed by atoms with Crippen LogP contribution in [0.3, 0.4) is 0 Å². The van der Waals surface area contributed by atoms with Crippen LogP contribution >= 0.6 is 11.6 Å². The first kappa shape index (κ1) is 7.86. The summed E-state index contributed by atoms with van der Waals surface area (Å²) in [5.74, 6) is 0. The van der Waals surface area contributed by atoms with Crippen LogP contribution in [0, 0.1) is 0 Å². The molecule has 0 heterocycles. The van der Waals surface area contributed by atoms with Gasteiger partial charge in [-0.2, -0.15) is 0 Å². The van der Waals surface area contributed by atoms with Crippen LogP contribution in [-0.2, 0) is 4.84 Å². The molecular weight excluding hydrogens is 150 g/mol. The summed E-state index contributed by atoms with van der Waals surface area (Å²) in [6.07, 6.45) is 4.47. The Bertz CT molecular complexity index is 136. The molecule has 0 aromatic rings. The van der Waals surface area contributed by atoms with Gasteiger partial charge in [0.1, 0.15) is 7.11 Å². The molecule has 2 nitrogen and oxygen atoms in total. The maximum atomic E-state index is 5.95. The summed E-state index contributed by atoms with van der Waals surface area (Å²) in [5, 5.41) is 3.97. The van der Waals surface area contributed by atoms with Crippen LogP contribution in [0.2, 0.25) is 0 Å². The molecule has 0 radical (unpaired) electrons. The average molecular weight is 162 g/mol. The Hall–Kier alpha value is -0.240. The molecule has 3 heteroatoms. The summed E-state index contributed by atoms with van der Waals surface area (Å²) in [6, 6.07) is 0. The van der Waals surface area contributed by atoms with E-state index in [1.807, 2.05) is 0 Å². The molecule has 1 aliphatic carbocycles. The molecular formula is C7H12ClNO. The van der Waals surface area contributed by atoms with Crippen LogP contribution < -0.4 is 0 Å². The second kappa shape index (κ2) is 3.81. The highest BCUT2D eigenvalue weighted by Crippen LogP contribution is 2.20. The zero-order valence-electron chi connectivity index (χ0n) is 6.14. The van der Waals surface area contributed by atoms with Crippen LogP contribution in [0.15, 0.2) is 5.16 Å². The normalized spacial score (nSPS) is 30.6. The summed E-state index contributed by atoms with van der Waals surface area (Å²) in [5.41, 5.74) is 1.01. The Balaban J connectivity index is 2.47. The van der Waals surface area contributed by atoms with Crippen molar-refractivity contribution in [2.45, 2.75) is 31.1 Å². The van der Waals surface area contributed by atoms with Gasteiger partial charge in [0, 0.05) is 0 Å². The summed E-state index contributed by atoms with van der Waals surface area (Å²) >= 11 is 5.95. The fraction of sp³-hybridized carbons (Fsp3) is 0.857. The van der Waals surface area contributed by atoms with Crippen molar-refractivity contribution in [1.29, 1.82) is 0 Å². The lowest BCUT2D eigenvalue weighted by atomic mass is 9.98. The van der Waals surface area contributed by atoms with E-state index >= 15 is 0 Å². The molecule has 0 amide bonds. The number of hydrogen-bond acceptors (Lipinski definition) is 2. The first-order chi connectivity index (χ1) is 4.84. The SMILES string of the molecule is CO/N=C1/CCCCC1Cl. The zero-order valence-corrected chi connectivity index (χ0v) is 6.90. The molecule has 58 valence electrons. The summed E-state index contributed by atoms with van der Waals surface area (Å²) < 4.78 is 0. The topological polar surface area (TPSA) is 21.6 Å². The van der Waals surface area contributed by atoms with Crippen LogP contribution in [0.25, 0.3) is 0 Å². The van der Waals surface area contributed by atoms with E-state index in [-0.39, 0.29) is 5.38 Å². The molecule has 1 rings (SSSR count). The fourth-order valence-electron chi connectivity index (χ4n) is 1.17. The summed E-state index contributed by atoms with van der Waals surface area (Å²) in [7, 11) is 1.56. The predicted molar refractivity (Wildman–Crippen MR) is 42.6 cm³/mol. The lowest BCUT2D eigenvalue weighted by Crippen LogP contribution is -2.19. The van der Waals surface area contributed by atoms with Gasteiger partial charge in [-0.15, -0.1) is 11.6 Å². The molecule has 10 heavy (non-hydrogen) atoms. The number of alkyl halides is 1. The van der Waals surface area contributed by atoms with Crippen LogP contribution in [0.1, 0.15) is 25.7 Å². The standard InChI is InChI=1S/C7H12ClNO/c1-10-9-7-5-3-2-4-6(7)8/h6H,2-5H2,1H3/b9-7-. The van der Waals surface area contributed by atoms with E-state index in [1.54, 1.807) is 7.11 Å². The van der Waals surface area contributed by atoms with Crippen LogP contribution in [0.5, 0.6) is 0 Å². The molecule has 1 atom stereocenters. The summed E-state index contributed by atoms with van der Waals surface area (Å²) in [6.45, 7) is 0. The molecule has 1 aliphatic rings. The van der Waals surface area contributed by atoms with E-state index in [9.17, 15) is 0 Å². The van der Waals surface area contributed by atoms with E-state index in [0.29, 0.717) is 0 Å². The smallest absolute Gasteiger partial charge is 0.106 e. The van der Waals surface area contributed by atoms with Crippen molar-refractivity contribution >= 4 is 17.3 Å². The van der Waals surface area contributed by atoms with Gasteiger partial charge in [0.05, 0.1) is 11.1 Å². The van der Waals surface area contributed by atoms with Crippen molar-refractivity contribution in [2.75, 3.05) is 7.11 Å². The Morgan fingerprint density at radius 2 is 2.40 bits per heavy atom. The lowest BCUT2D eigenvalue weighted by molar-refractivity contribution is 0.211. The number of nitrogens with zero attached hydrogens (tertiary/aromatic N) is 1. The second-order valence-corrected chi connectivity index (χ2v) is 3.01. The Kier molecular flexibility index (Phi) is 3.00. The monoisotopic (exact) mass is 161 g/mol. The highest BCUT2D eigenvalue weighted by atomic mass is 35.5. The van der Waals surface area contributed by atoms with Gasteiger partial charge >= 0.3 is 0 Å². The molecule has 0 aromatic carbocycles. The van der Waals surface area contributed by atoms with Crippen LogP contribution in [0.4, 0.5) is 0 Å². The van der Waals surface area contributed by atoms with Crippen LogP contribution in [-0.4, -0.2) is 18.2 Å². The first-order valence-electron chi connectivity index (χ1n) is 3.58. The third kappa shape index (κ3) is 1.87. The number of rotatable bonds is 1. The molecule has 0 spiro atoms. The fourth-order valence-corrected chi connectivity index (χ4v) is 1.48. The van der Waals surface area contributed by atoms with Crippen molar-refractivity contribution in [3.05, 3.63) is 0 Å². The minimum Gasteiger partial charge on any atom is -0.399 e. The van der Waals surface area contributed by atoms with Crippen molar-refractivity contribution in [1.82, 2.24) is 0 Å². The van der Waals surface area contributed by atoms with Gasteiger partial charge in [0.2, 0.25) is 0 Å². The van der Waals surface area contributed by atoms with Gasteiger partial charge in [0.15, 0.2) is 0 Å². The molecule has 1 unspecified atom stereocenters. The van der Waals surface area contributed by atoms with E-state index in [4.69, 9.17) is 11.6 Å². The van der Waals surface area contributed by atoms with Gasteiger partial charge in [-0.05, 0) is 19.3 Å². The molecule has 1 fully saturated rings. The van der Waals surface area contributed by atoms with Crippen molar-refractivity contribution < 1.29 is 4.84 Å². The molecule has 0 saturated heterocycles. The lowest BCUT2D eigenvalue weighted by Gasteiger charge is -2.16. The first-order valence-corrected chi connectivity index (χ1v) is 4.02. The van der Waals surface area contributed by atoms with Crippen molar-refractivity contribution in [3.8, 4) is 0 Å². The average Bonchev–Trinajstić information content (AvgIpc) is 1.94. The third-order valence-electron chi connectivity index (χ3n) is 1.71. The molecule has 0 aromatic heterocycles. The third-order valence-corrected chi connectivity index (χ3v) is 2.18. The highest BCUT2D eigenvalue weighted by Gasteiger charge is 2.17. The van der Waals surface area contributed by atoms with E-state index < -0.39 is 0 Å². The molecule has 0 aliphatic heterocycles. The molecule has 0 N–H and O–H groups in total. The molecule has 1 saturated carbocycles. The maximum absolute atomic E-state index is 5.95. The zero-order chi connectivity index (χ0) is 7.40. The maximum Gasteiger partial charge on any atom is 0.106 e. The highest BCUT2D eigenvalue weighted by molar-refractivity contribution is 6.32. The Morgan fingerprint density at radius 1 is 1.60 bits per heavy atom. The van der Waals surface area contributed by atoms with E-state index in [2.05, 4.69) is 9.99 Å². The minimum atomic E-state index is 0.119. The Labute approximate surface area is 66.2 Å².